The predicted molar refractivity (Wildman–Crippen MR) is 81.3 cm³/mol. The first kappa shape index (κ1) is 18.7. The van der Waals surface area contributed by atoms with Gasteiger partial charge in [0.15, 0.2) is 29.3 Å². The number of amides is 1. The molecule has 0 aliphatic heterocycles. The van der Waals surface area contributed by atoms with Crippen LogP contribution in [0.4, 0.5) is 13.2 Å². The van der Waals surface area contributed by atoms with E-state index in [0.717, 1.165) is 12.1 Å². The Bertz CT molecular complexity index is 890. The van der Waals surface area contributed by atoms with E-state index in [1.165, 1.54) is 25.1 Å². The molecule has 0 saturated carbocycles. The summed E-state index contributed by atoms with van der Waals surface area (Å²) in [4.78, 5) is 13.0. The van der Waals surface area contributed by atoms with Gasteiger partial charge in [0.2, 0.25) is 0 Å². The normalized spacial score (nSPS) is 12.5. The van der Waals surface area contributed by atoms with E-state index in [0.29, 0.717) is 12.1 Å². The summed E-state index contributed by atoms with van der Waals surface area (Å²) in [6.45, 7) is 1.27. The zero-order valence-corrected chi connectivity index (χ0v) is 13.6. The molecule has 0 spiro atoms. The second-order valence-corrected chi connectivity index (χ2v) is 6.54. The zero-order valence-electron chi connectivity index (χ0n) is 12.8. The molecule has 2 rings (SSSR count). The lowest BCUT2D eigenvalue weighted by molar-refractivity contribution is -0.127. The number of para-hydroxylation sites is 1. The molecule has 0 bridgehead atoms. The van der Waals surface area contributed by atoms with E-state index in [4.69, 9.17) is 4.74 Å². The first-order valence-electron chi connectivity index (χ1n) is 6.88. The molecule has 0 aromatic heterocycles. The fourth-order valence-corrected chi connectivity index (χ4v) is 2.56. The summed E-state index contributed by atoms with van der Waals surface area (Å²) < 4.78 is 68.3. The fraction of sp³-hybridized carbons (Fsp3) is 0.133. The number of hydrogen-bond acceptors (Lipinski definition) is 4. The SMILES string of the molecule is C[C@@H](Oc1ccccc1F)C(=O)NNS(=O)(=O)c1ccc(F)c(F)c1. The summed E-state index contributed by atoms with van der Waals surface area (Å²) in [5.41, 5.74) is 1.85. The molecular weight excluding hydrogens is 361 g/mol. The van der Waals surface area contributed by atoms with E-state index in [2.05, 4.69) is 0 Å². The third kappa shape index (κ3) is 4.70. The molecule has 10 heteroatoms. The quantitative estimate of drug-likeness (QED) is 0.757. The molecule has 0 saturated heterocycles. The molecule has 1 amide bonds. The Hall–Kier alpha value is -2.59. The van der Waals surface area contributed by atoms with Crippen molar-refractivity contribution in [3.05, 3.63) is 59.9 Å². The van der Waals surface area contributed by atoms with Crippen LogP contribution in [0.25, 0.3) is 0 Å². The number of nitrogens with one attached hydrogen (secondary N) is 2. The molecule has 0 fully saturated rings. The second kappa shape index (κ2) is 7.53. The lowest BCUT2D eigenvalue weighted by Gasteiger charge is -2.15. The number of hydrogen-bond donors (Lipinski definition) is 2. The predicted octanol–water partition coefficient (Wildman–Crippen LogP) is 1.88. The molecule has 2 N–H and O–H groups in total. The van der Waals surface area contributed by atoms with Gasteiger partial charge in [-0.25, -0.2) is 21.6 Å². The van der Waals surface area contributed by atoms with Crippen LogP contribution in [0, 0.1) is 17.5 Å². The first-order chi connectivity index (χ1) is 11.7. The minimum atomic E-state index is -4.33. The van der Waals surface area contributed by atoms with Crippen LogP contribution < -0.4 is 15.0 Å². The molecule has 6 nitrogen and oxygen atoms in total. The lowest BCUT2D eigenvalue weighted by atomic mass is 10.3. The second-order valence-electron chi connectivity index (χ2n) is 4.86. The van der Waals surface area contributed by atoms with E-state index >= 15 is 0 Å². The first-order valence-corrected chi connectivity index (χ1v) is 8.37. The Labute approximate surface area is 141 Å². The number of rotatable bonds is 6. The highest BCUT2D eigenvalue weighted by molar-refractivity contribution is 7.89. The molecule has 1 atom stereocenters. The van der Waals surface area contributed by atoms with Gasteiger partial charge in [-0.2, -0.15) is 0 Å². The molecule has 25 heavy (non-hydrogen) atoms. The standard InChI is InChI=1S/C15H13F3N2O4S/c1-9(24-14-5-3-2-4-12(14)17)15(21)19-20-25(22,23)10-6-7-11(16)13(18)8-10/h2-9,20H,1H3,(H,19,21)/t9-/m1/s1. The van der Waals surface area contributed by atoms with E-state index < -0.39 is 44.4 Å². The summed E-state index contributed by atoms with van der Waals surface area (Å²) in [7, 11) is -4.33. The van der Waals surface area contributed by atoms with Crippen molar-refractivity contribution < 1.29 is 31.1 Å². The molecule has 0 aliphatic rings. The highest BCUT2D eigenvalue weighted by atomic mass is 32.2. The van der Waals surface area contributed by atoms with Crippen molar-refractivity contribution in [3.63, 3.8) is 0 Å². The molecular formula is C15H13F3N2O4S. The van der Waals surface area contributed by atoms with Gasteiger partial charge in [0.1, 0.15) is 0 Å². The van der Waals surface area contributed by atoms with E-state index in [1.807, 2.05) is 5.43 Å². The number of sulfonamides is 1. The Kier molecular flexibility index (Phi) is 5.65. The molecule has 0 radical (unpaired) electrons. The van der Waals surface area contributed by atoms with Crippen LogP contribution in [0.5, 0.6) is 5.75 Å². The smallest absolute Gasteiger partial charge is 0.275 e. The summed E-state index contributed by atoms with van der Waals surface area (Å²) in [5, 5.41) is 0. The van der Waals surface area contributed by atoms with Gasteiger partial charge in [-0.05, 0) is 37.3 Å². The molecule has 0 unspecified atom stereocenters. The third-order valence-corrected chi connectivity index (χ3v) is 4.26. The number of benzene rings is 2. The van der Waals surface area contributed by atoms with E-state index in [9.17, 15) is 26.4 Å². The monoisotopic (exact) mass is 374 g/mol. The fourth-order valence-electron chi connectivity index (χ4n) is 1.71. The number of ether oxygens (including phenoxy) is 1. The summed E-state index contributed by atoms with van der Waals surface area (Å²) >= 11 is 0. The third-order valence-electron chi connectivity index (χ3n) is 3.02. The Morgan fingerprint density at radius 2 is 1.72 bits per heavy atom. The summed E-state index contributed by atoms with van der Waals surface area (Å²) in [6.07, 6.45) is -1.23. The van der Waals surface area contributed by atoms with Gasteiger partial charge in [-0.1, -0.05) is 12.1 Å². The maximum Gasteiger partial charge on any atom is 0.275 e. The maximum absolute atomic E-state index is 13.4. The Balaban J connectivity index is 2.00. The Morgan fingerprint density at radius 1 is 1.04 bits per heavy atom. The van der Waals surface area contributed by atoms with Gasteiger partial charge < -0.3 is 4.74 Å². The van der Waals surface area contributed by atoms with Gasteiger partial charge in [-0.15, -0.1) is 4.83 Å². The Morgan fingerprint density at radius 3 is 2.36 bits per heavy atom. The van der Waals surface area contributed by atoms with Gasteiger partial charge >= 0.3 is 0 Å². The number of carbonyl (C=O) groups excluding carboxylic acids is 1. The van der Waals surface area contributed by atoms with Gasteiger partial charge in [0.25, 0.3) is 15.9 Å². The number of carbonyl (C=O) groups is 1. The molecule has 0 aliphatic carbocycles. The van der Waals surface area contributed by atoms with Crippen LogP contribution >= 0.6 is 0 Å². The van der Waals surface area contributed by atoms with Crippen molar-refractivity contribution in [2.24, 2.45) is 0 Å². The van der Waals surface area contributed by atoms with E-state index in [-0.39, 0.29) is 5.75 Å². The van der Waals surface area contributed by atoms with E-state index in [1.54, 1.807) is 4.83 Å². The van der Waals surface area contributed by atoms with Crippen LogP contribution in [-0.4, -0.2) is 20.4 Å². The van der Waals surface area contributed by atoms with Gasteiger partial charge in [0, 0.05) is 0 Å². The van der Waals surface area contributed by atoms with Crippen LogP contribution in [0.1, 0.15) is 6.92 Å². The lowest BCUT2D eigenvalue weighted by Crippen LogP contribution is -2.47. The minimum Gasteiger partial charge on any atom is -0.478 e. The molecule has 0 heterocycles. The van der Waals surface area contributed by atoms with Crippen molar-refractivity contribution in [2.75, 3.05) is 0 Å². The average molecular weight is 374 g/mol. The highest BCUT2D eigenvalue weighted by Crippen LogP contribution is 2.17. The topological polar surface area (TPSA) is 84.5 Å². The number of hydrazine groups is 1. The number of halogens is 3. The zero-order chi connectivity index (χ0) is 18.6. The van der Waals surface area contributed by atoms with Gasteiger partial charge in [-0.3, -0.25) is 10.2 Å². The largest absolute Gasteiger partial charge is 0.478 e. The van der Waals surface area contributed by atoms with Crippen LogP contribution in [-0.2, 0) is 14.8 Å². The van der Waals surface area contributed by atoms with Crippen molar-refractivity contribution in [3.8, 4) is 5.75 Å². The van der Waals surface area contributed by atoms with Crippen LogP contribution in [0.15, 0.2) is 47.4 Å². The minimum absolute atomic E-state index is 0.186. The van der Waals surface area contributed by atoms with Crippen molar-refractivity contribution in [1.29, 1.82) is 0 Å². The summed E-state index contributed by atoms with van der Waals surface area (Å²) in [5.74, 6) is -4.37. The molecule has 134 valence electrons. The molecule has 2 aromatic carbocycles. The summed E-state index contributed by atoms with van der Waals surface area (Å²) in [6, 6.07) is 7.28. The van der Waals surface area contributed by atoms with Crippen LogP contribution in [0.3, 0.4) is 0 Å². The molecule has 2 aromatic rings. The van der Waals surface area contributed by atoms with Gasteiger partial charge in [0.05, 0.1) is 4.90 Å². The van der Waals surface area contributed by atoms with Crippen molar-refractivity contribution >= 4 is 15.9 Å². The van der Waals surface area contributed by atoms with Crippen molar-refractivity contribution in [1.82, 2.24) is 10.3 Å². The maximum atomic E-state index is 13.4. The average Bonchev–Trinajstić information content (AvgIpc) is 2.57. The van der Waals surface area contributed by atoms with Crippen molar-refractivity contribution in [2.45, 2.75) is 17.9 Å². The van der Waals surface area contributed by atoms with Crippen LogP contribution in [0.2, 0.25) is 0 Å². The highest BCUT2D eigenvalue weighted by Gasteiger charge is 2.21.